The first-order valence-electron chi connectivity index (χ1n) is 5.99. The third kappa shape index (κ3) is 1.32. The largest absolute Gasteiger partial charge is 0.222 e. The van der Waals surface area contributed by atoms with Crippen LogP contribution in [-0.2, 0) is 18.3 Å². The molecular formula is C12H17N3S. The Morgan fingerprint density at radius 2 is 2.25 bits per heavy atom. The van der Waals surface area contributed by atoms with E-state index in [9.17, 15) is 0 Å². The quantitative estimate of drug-likeness (QED) is 0.760. The van der Waals surface area contributed by atoms with Gasteiger partial charge in [-0.3, -0.25) is 0 Å². The fourth-order valence-electron chi connectivity index (χ4n) is 2.56. The molecule has 2 aromatic rings. The van der Waals surface area contributed by atoms with Gasteiger partial charge in [0, 0.05) is 5.41 Å². The molecule has 0 saturated heterocycles. The van der Waals surface area contributed by atoms with Gasteiger partial charge in [-0.15, -0.1) is 0 Å². The van der Waals surface area contributed by atoms with Crippen LogP contribution in [0.5, 0.6) is 0 Å². The molecule has 2 aromatic heterocycles. The molecule has 1 aliphatic rings. The highest BCUT2D eigenvalue weighted by Crippen LogP contribution is 2.37. The third-order valence-corrected chi connectivity index (χ3v) is 4.55. The molecule has 2 heterocycles. The van der Waals surface area contributed by atoms with Crippen molar-refractivity contribution in [3.8, 4) is 0 Å². The van der Waals surface area contributed by atoms with E-state index in [2.05, 4.69) is 30.4 Å². The molecule has 3 nitrogen and oxygen atoms in total. The molecule has 0 N–H and O–H groups in total. The maximum Gasteiger partial charge on any atom is 0.212 e. The van der Waals surface area contributed by atoms with Crippen LogP contribution in [0.15, 0.2) is 0 Å². The maximum atomic E-state index is 4.79. The van der Waals surface area contributed by atoms with Crippen LogP contribution in [0.4, 0.5) is 0 Å². The van der Waals surface area contributed by atoms with E-state index in [0.29, 0.717) is 0 Å². The van der Waals surface area contributed by atoms with Gasteiger partial charge in [0.15, 0.2) is 0 Å². The Bertz CT molecular complexity index is 536. The number of imidazole rings is 1. The Morgan fingerprint density at radius 3 is 3.00 bits per heavy atom. The zero-order chi connectivity index (χ0) is 11.3. The number of hydrogen-bond donors (Lipinski definition) is 0. The van der Waals surface area contributed by atoms with E-state index in [-0.39, 0.29) is 5.41 Å². The van der Waals surface area contributed by atoms with Crippen molar-refractivity contribution < 1.29 is 0 Å². The van der Waals surface area contributed by atoms with Gasteiger partial charge < -0.3 is 0 Å². The van der Waals surface area contributed by atoms with E-state index >= 15 is 0 Å². The highest BCUT2D eigenvalue weighted by atomic mass is 32.1. The lowest BCUT2D eigenvalue weighted by Crippen LogP contribution is -2.24. The fourth-order valence-corrected chi connectivity index (χ4v) is 3.41. The van der Waals surface area contributed by atoms with Gasteiger partial charge in [-0.25, -0.2) is 9.50 Å². The zero-order valence-corrected chi connectivity index (χ0v) is 10.9. The van der Waals surface area contributed by atoms with Crippen LogP contribution < -0.4 is 0 Å². The topological polar surface area (TPSA) is 30.2 Å². The predicted molar refractivity (Wildman–Crippen MR) is 66.2 cm³/mol. The summed E-state index contributed by atoms with van der Waals surface area (Å²) in [6.07, 6.45) is 4.64. The van der Waals surface area contributed by atoms with Gasteiger partial charge in [-0.2, -0.15) is 5.10 Å². The average molecular weight is 235 g/mol. The molecule has 0 aliphatic heterocycles. The summed E-state index contributed by atoms with van der Waals surface area (Å²) >= 11 is 1.73. The lowest BCUT2D eigenvalue weighted by molar-refractivity contribution is 0.416. The summed E-state index contributed by atoms with van der Waals surface area (Å²) in [5.74, 6) is 0. The Labute approximate surface area is 99.5 Å². The molecule has 0 saturated carbocycles. The molecule has 3 rings (SSSR count). The predicted octanol–water partition coefficient (Wildman–Crippen LogP) is 2.97. The lowest BCUT2D eigenvalue weighted by Gasteiger charge is -2.28. The molecule has 4 heteroatoms. The summed E-state index contributed by atoms with van der Waals surface area (Å²) in [4.78, 5) is 5.87. The van der Waals surface area contributed by atoms with E-state index in [1.54, 1.807) is 11.3 Å². The van der Waals surface area contributed by atoms with Crippen molar-refractivity contribution in [1.29, 1.82) is 0 Å². The van der Waals surface area contributed by atoms with Gasteiger partial charge in [0.2, 0.25) is 4.96 Å². The molecule has 0 fully saturated rings. The van der Waals surface area contributed by atoms with Crippen molar-refractivity contribution in [2.75, 3.05) is 0 Å². The van der Waals surface area contributed by atoms with E-state index < -0.39 is 0 Å². The monoisotopic (exact) mass is 235 g/mol. The third-order valence-electron chi connectivity index (χ3n) is 3.50. The molecule has 0 unspecified atom stereocenters. The molecule has 0 radical (unpaired) electrons. The summed E-state index contributed by atoms with van der Waals surface area (Å²) in [6.45, 7) is 6.74. The number of fused-ring (bicyclic) bond motifs is 3. The van der Waals surface area contributed by atoms with Crippen LogP contribution in [-0.4, -0.2) is 14.6 Å². The van der Waals surface area contributed by atoms with Gasteiger partial charge in [0.25, 0.3) is 0 Å². The second kappa shape index (κ2) is 3.29. The minimum atomic E-state index is 0.230. The number of hydrogen-bond acceptors (Lipinski definition) is 3. The Balaban J connectivity index is 2.23. The zero-order valence-electron chi connectivity index (χ0n) is 10.1. The lowest BCUT2D eigenvalue weighted by atomic mass is 9.78. The molecule has 0 atom stereocenters. The van der Waals surface area contributed by atoms with Crippen LogP contribution in [0.3, 0.4) is 0 Å². The van der Waals surface area contributed by atoms with Crippen LogP contribution in [0, 0.1) is 0 Å². The van der Waals surface area contributed by atoms with Crippen molar-refractivity contribution in [2.24, 2.45) is 0 Å². The smallest absolute Gasteiger partial charge is 0.212 e. The molecule has 0 spiro atoms. The first kappa shape index (κ1) is 10.3. The molecule has 0 amide bonds. The van der Waals surface area contributed by atoms with E-state index in [1.165, 1.54) is 29.2 Å². The molecular weight excluding hydrogens is 218 g/mol. The summed E-state index contributed by atoms with van der Waals surface area (Å²) in [5.41, 5.74) is 2.86. The molecule has 16 heavy (non-hydrogen) atoms. The highest BCUT2D eigenvalue weighted by Gasteiger charge is 2.32. The average Bonchev–Trinajstić information content (AvgIpc) is 2.75. The summed E-state index contributed by atoms with van der Waals surface area (Å²) < 4.78 is 2.08. The second-order valence-corrected chi connectivity index (χ2v) is 6.23. The SMILES string of the molecule is CCc1nn2c3c(nc2s1)C(C)(C)CCC3. The normalized spacial score (nSPS) is 18.9. The van der Waals surface area contributed by atoms with Gasteiger partial charge >= 0.3 is 0 Å². The number of rotatable bonds is 1. The van der Waals surface area contributed by atoms with E-state index in [0.717, 1.165) is 17.8 Å². The number of aryl methyl sites for hydroxylation is 2. The Kier molecular flexibility index (Phi) is 2.11. The Hall–Kier alpha value is -0.900. The van der Waals surface area contributed by atoms with Gasteiger partial charge in [0.1, 0.15) is 5.01 Å². The minimum absolute atomic E-state index is 0.230. The summed E-state index contributed by atoms with van der Waals surface area (Å²) in [5, 5.41) is 5.83. The van der Waals surface area contributed by atoms with Crippen LogP contribution in [0.2, 0.25) is 0 Å². The van der Waals surface area contributed by atoms with Crippen molar-refractivity contribution in [3.05, 3.63) is 16.4 Å². The van der Waals surface area contributed by atoms with Crippen molar-refractivity contribution >= 4 is 16.3 Å². The van der Waals surface area contributed by atoms with Gasteiger partial charge in [0.05, 0.1) is 11.4 Å². The number of nitrogens with zero attached hydrogens (tertiary/aromatic N) is 3. The van der Waals surface area contributed by atoms with Crippen LogP contribution in [0.1, 0.15) is 50.0 Å². The minimum Gasteiger partial charge on any atom is -0.222 e. The first-order valence-corrected chi connectivity index (χ1v) is 6.81. The summed E-state index contributed by atoms with van der Waals surface area (Å²) in [6, 6.07) is 0. The maximum absolute atomic E-state index is 4.79. The second-order valence-electron chi connectivity index (χ2n) is 5.19. The van der Waals surface area contributed by atoms with Crippen molar-refractivity contribution in [1.82, 2.24) is 14.6 Å². The van der Waals surface area contributed by atoms with E-state index in [4.69, 9.17) is 4.98 Å². The molecule has 1 aliphatic carbocycles. The first-order chi connectivity index (χ1) is 7.62. The van der Waals surface area contributed by atoms with E-state index in [1.807, 2.05) is 0 Å². The highest BCUT2D eigenvalue weighted by molar-refractivity contribution is 7.16. The standard InChI is InChI=1S/C12H17N3S/c1-4-9-14-15-8-6-5-7-12(2,3)10(8)13-11(15)16-9/h4-7H2,1-3H3. The van der Waals surface area contributed by atoms with Crippen LogP contribution >= 0.6 is 11.3 Å². The summed E-state index contributed by atoms with van der Waals surface area (Å²) in [7, 11) is 0. The molecule has 0 aromatic carbocycles. The molecule has 0 bridgehead atoms. The van der Waals surface area contributed by atoms with Gasteiger partial charge in [-0.1, -0.05) is 32.1 Å². The number of aromatic nitrogens is 3. The fraction of sp³-hybridized carbons (Fsp3) is 0.667. The van der Waals surface area contributed by atoms with Crippen molar-refractivity contribution in [2.45, 2.75) is 51.9 Å². The molecule has 86 valence electrons. The van der Waals surface area contributed by atoms with Crippen LogP contribution in [0.25, 0.3) is 4.96 Å². The van der Waals surface area contributed by atoms with Gasteiger partial charge in [-0.05, 0) is 25.7 Å². The van der Waals surface area contributed by atoms with Crippen molar-refractivity contribution in [3.63, 3.8) is 0 Å². The Morgan fingerprint density at radius 1 is 1.44 bits per heavy atom.